The van der Waals surface area contributed by atoms with E-state index in [-0.39, 0.29) is 17.0 Å². The lowest BCUT2D eigenvalue weighted by Crippen LogP contribution is -2.51. The molecule has 1 amide bonds. The molecule has 1 saturated carbocycles. The second-order valence-electron chi connectivity index (χ2n) is 5.47. The van der Waals surface area contributed by atoms with Crippen LogP contribution in [0.3, 0.4) is 0 Å². The van der Waals surface area contributed by atoms with Crippen LogP contribution in [0.25, 0.3) is 0 Å². The van der Waals surface area contributed by atoms with Crippen molar-refractivity contribution in [3.05, 3.63) is 34.6 Å². The Kier molecular flexibility index (Phi) is 4.83. The van der Waals surface area contributed by atoms with Gasteiger partial charge in [-0.3, -0.25) is 9.59 Å². The third-order valence-electron chi connectivity index (χ3n) is 3.88. The summed E-state index contributed by atoms with van der Waals surface area (Å²) in [6.45, 7) is 0. The normalized spacial score (nSPS) is 17.2. The standard InChI is InChI=1S/C15H17ClFNO3/c16-11-6-4-5-10(13(11)17)14(21)18-15(9-12(19)20)7-2-1-3-8-15/h4-6H,1-3,7-9H2,(H,18,21)(H,19,20). The number of carboxylic acid groups (broad SMARTS) is 1. The van der Waals surface area contributed by atoms with E-state index in [2.05, 4.69) is 5.32 Å². The number of carbonyl (C=O) groups excluding carboxylic acids is 1. The van der Waals surface area contributed by atoms with Crippen molar-refractivity contribution in [1.29, 1.82) is 0 Å². The molecule has 21 heavy (non-hydrogen) atoms. The summed E-state index contributed by atoms with van der Waals surface area (Å²) in [4.78, 5) is 23.3. The molecule has 1 aliphatic rings. The predicted molar refractivity (Wildman–Crippen MR) is 76.9 cm³/mol. The topological polar surface area (TPSA) is 66.4 Å². The molecule has 0 spiro atoms. The summed E-state index contributed by atoms with van der Waals surface area (Å²) < 4.78 is 13.9. The van der Waals surface area contributed by atoms with Gasteiger partial charge < -0.3 is 10.4 Å². The van der Waals surface area contributed by atoms with E-state index in [1.54, 1.807) is 0 Å². The summed E-state index contributed by atoms with van der Waals surface area (Å²) in [6.07, 6.45) is 3.75. The minimum absolute atomic E-state index is 0.126. The minimum Gasteiger partial charge on any atom is -0.481 e. The molecule has 1 fully saturated rings. The van der Waals surface area contributed by atoms with Gasteiger partial charge in [0.15, 0.2) is 5.82 Å². The van der Waals surface area contributed by atoms with Crippen LogP contribution in [0.1, 0.15) is 48.9 Å². The third-order valence-corrected chi connectivity index (χ3v) is 4.17. The molecule has 0 radical (unpaired) electrons. The van der Waals surface area contributed by atoms with Gasteiger partial charge in [0.05, 0.1) is 22.5 Å². The van der Waals surface area contributed by atoms with Crippen LogP contribution < -0.4 is 5.32 Å². The number of carbonyl (C=O) groups is 2. The van der Waals surface area contributed by atoms with Crippen LogP contribution in [0.5, 0.6) is 0 Å². The number of halogens is 2. The van der Waals surface area contributed by atoms with E-state index in [9.17, 15) is 14.0 Å². The Balaban J connectivity index is 2.21. The van der Waals surface area contributed by atoms with Gasteiger partial charge in [0.1, 0.15) is 0 Å². The van der Waals surface area contributed by atoms with Crippen LogP contribution in [0, 0.1) is 5.82 Å². The number of aliphatic carboxylic acids is 1. The highest BCUT2D eigenvalue weighted by molar-refractivity contribution is 6.31. The molecule has 1 aliphatic carbocycles. The van der Waals surface area contributed by atoms with E-state index in [4.69, 9.17) is 16.7 Å². The van der Waals surface area contributed by atoms with Gasteiger partial charge in [-0.1, -0.05) is 36.9 Å². The second-order valence-corrected chi connectivity index (χ2v) is 5.87. The summed E-state index contributed by atoms with van der Waals surface area (Å²) in [5.74, 6) is -2.36. The average molecular weight is 314 g/mol. The average Bonchev–Trinajstić information content (AvgIpc) is 2.41. The Bertz CT molecular complexity index is 556. The van der Waals surface area contributed by atoms with Gasteiger partial charge in [-0.15, -0.1) is 0 Å². The minimum atomic E-state index is -0.969. The van der Waals surface area contributed by atoms with Crippen LogP contribution in [0.4, 0.5) is 4.39 Å². The Hall–Kier alpha value is -1.62. The zero-order valence-electron chi connectivity index (χ0n) is 11.5. The molecule has 0 heterocycles. The van der Waals surface area contributed by atoms with Crippen molar-refractivity contribution in [2.75, 3.05) is 0 Å². The van der Waals surface area contributed by atoms with Gasteiger partial charge in [-0.25, -0.2) is 4.39 Å². The number of benzene rings is 1. The summed E-state index contributed by atoms with van der Waals surface area (Å²) >= 11 is 5.67. The maximum atomic E-state index is 13.9. The van der Waals surface area contributed by atoms with E-state index in [0.717, 1.165) is 19.3 Å². The van der Waals surface area contributed by atoms with Gasteiger partial charge in [-0.05, 0) is 25.0 Å². The third kappa shape index (κ3) is 3.73. The van der Waals surface area contributed by atoms with Crippen LogP contribution in [0.15, 0.2) is 18.2 Å². The lowest BCUT2D eigenvalue weighted by atomic mass is 9.79. The van der Waals surface area contributed by atoms with Crippen LogP contribution in [0.2, 0.25) is 5.02 Å². The lowest BCUT2D eigenvalue weighted by Gasteiger charge is -2.37. The molecule has 0 unspecified atom stereocenters. The van der Waals surface area contributed by atoms with Crippen molar-refractivity contribution >= 4 is 23.5 Å². The Morgan fingerprint density at radius 1 is 1.29 bits per heavy atom. The number of nitrogens with one attached hydrogen (secondary N) is 1. The van der Waals surface area contributed by atoms with Gasteiger partial charge in [0.25, 0.3) is 5.91 Å². The predicted octanol–water partition coefficient (Wildman–Crippen LogP) is 3.39. The van der Waals surface area contributed by atoms with Gasteiger partial charge >= 0.3 is 5.97 Å². The molecule has 6 heteroatoms. The van der Waals surface area contributed by atoms with E-state index in [1.807, 2.05) is 0 Å². The molecule has 0 atom stereocenters. The first kappa shape index (κ1) is 15.8. The highest BCUT2D eigenvalue weighted by Crippen LogP contribution is 2.32. The van der Waals surface area contributed by atoms with E-state index < -0.39 is 23.2 Å². The largest absolute Gasteiger partial charge is 0.481 e. The number of amides is 1. The number of carboxylic acids is 1. The molecule has 0 saturated heterocycles. The molecular weight excluding hydrogens is 297 g/mol. The highest BCUT2D eigenvalue weighted by Gasteiger charge is 2.36. The highest BCUT2D eigenvalue weighted by atomic mass is 35.5. The number of hydrogen-bond donors (Lipinski definition) is 2. The number of hydrogen-bond acceptors (Lipinski definition) is 2. The fourth-order valence-electron chi connectivity index (χ4n) is 2.85. The molecule has 114 valence electrons. The van der Waals surface area contributed by atoms with Crippen LogP contribution >= 0.6 is 11.6 Å². The molecule has 2 N–H and O–H groups in total. The van der Waals surface area contributed by atoms with Crippen LogP contribution in [-0.2, 0) is 4.79 Å². The van der Waals surface area contributed by atoms with Crippen molar-refractivity contribution in [1.82, 2.24) is 5.32 Å². The molecule has 4 nitrogen and oxygen atoms in total. The molecular formula is C15H17ClFNO3. The van der Waals surface area contributed by atoms with Crippen LogP contribution in [-0.4, -0.2) is 22.5 Å². The van der Waals surface area contributed by atoms with Crippen molar-refractivity contribution in [3.63, 3.8) is 0 Å². The Morgan fingerprint density at radius 2 is 1.95 bits per heavy atom. The molecule has 2 rings (SSSR count). The van der Waals surface area contributed by atoms with Crippen molar-refractivity contribution in [3.8, 4) is 0 Å². The fourth-order valence-corrected chi connectivity index (χ4v) is 3.03. The zero-order chi connectivity index (χ0) is 15.5. The van der Waals surface area contributed by atoms with Crippen molar-refractivity contribution < 1.29 is 19.1 Å². The van der Waals surface area contributed by atoms with E-state index in [1.165, 1.54) is 18.2 Å². The summed E-state index contributed by atoms with van der Waals surface area (Å²) in [7, 11) is 0. The Labute approximate surface area is 127 Å². The number of rotatable bonds is 4. The molecule has 0 aliphatic heterocycles. The first-order chi connectivity index (χ1) is 9.93. The summed E-state index contributed by atoms with van der Waals surface area (Å²) in [6, 6.07) is 4.19. The Morgan fingerprint density at radius 3 is 2.57 bits per heavy atom. The first-order valence-corrected chi connectivity index (χ1v) is 7.30. The molecule has 1 aromatic carbocycles. The SMILES string of the molecule is O=C(O)CC1(NC(=O)c2cccc(Cl)c2F)CCCCC1. The monoisotopic (exact) mass is 313 g/mol. The second kappa shape index (κ2) is 6.43. The van der Waals surface area contributed by atoms with Gasteiger partial charge in [-0.2, -0.15) is 0 Å². The van der Waals surface area contributed by atoms with Crippen molar-refractivity contribution in [2.45, 2.75) is 44.1 Å². The van der Waals surface area contributed by atoms with Gasteiger partial charge in [0, 0.05) is 0 Å². The van der Waals surface area contributed by atoms with Gasteiger partial charge in [0.2, 0.25) is 0 Å². The zero-order valence-corrected chi connectivity index (χ0v) is 12.3. The molecule has 1 aromatic rings. The smallest absolute Gasteiger partial charge is 0.305 e. The van der Waals surface area contributed by atoms with E-state index >= 15 is 0 Å². The van der Waals surface area contributed by atoms with Crippen molar-refractivity contribution in [2.24, 2.45) is 0 Å². The molecule has 0 bridgehead atoms. The quantitative estimate of drug-likeness (QED) is 0.895. The molecule has 0 aromatic heterocycles. The summed E-state index contributed by atoms with van der Waals surface area (Å²) in [5, 5.41) is 11.7. The first-order valence-electron chi connectivity index (χ1n) is 6.92. The fraction of sp³-hybridized carbons (Fsp3) is 0.467. The van der Waals surface area contributed by atoms with E-state index in [0.29, 0.717) is 12.8 Å². The lowest BCUT2D eigenvalue weighted by molar-refractivity contribution is -0.139. The maximum absolute atomic E-state index is 13.9. The summed E-state index contributed by atoms with van der Waals surface area (Å²) in [5.41, 5.74) is -0.950. The maximum Gasteiger partial charge on any atom is 0.305 e.